The molecule has 0 amide bonds. The molecular formula is C20H20N4. The Kier molecular flexibility index (Phi) is 2.98. The van der Waals surface area contributed by atoms with E-state index in [0.29, 0.717) is 6.04 Å². The zero-order valence-corrected chi connectivity index (χ0v) is 13.8. The first-order chi connectivity index (χ1) is 11.8. The lowest BCUT2D eigenvalue weighted by Crippen LogP contribution is -2.07. The lowest BCUT2D eigenvalue weighted by Gasteiger charge is -2.16. The fourth-order valence-electron chi connectivity index (χ4n) is 4.06. The van der Waals surface area contributed by atoms with E-state index in [9.17, 15) is 0 Å². The van der Waals surface area contributed by atoms with Gasteiger partial charge in [-0.25, -0.2) is 9.97 Å². The number of imidazole rings is 1. The largest absolute Gasteiger partial charge is 0.351 e. The van der Waals surface area contributed by atoms with Crippen molar-refractivity contribution in [3.63, 3.8) is 0 Å². The predicted octanol–water partition coefficient (Wildman–Crippen LogP) is 4.71. The van der Waals surface area contributed by atoms with Gasteiger partial charge in [0, 0.05) is 41.9 Å². The average molecular weight is 316 g/mol. The van der Waals surface area contributed by atoms with Crippen molar-refractivity contribution >= 4 is 22.1 Å². The normalized spacial score (nSPS) is 15.7. The molecular weight excluding hydrogens is 296 g/mol. The topological polar surface area (TPSA) is 35.6 Å². The van der Waals surface area contributed by atoms with Gasteiger partial charge in [0.15, 0.2) is 5.65 Å². The van der Waals surface area contributed by atoms with Crippen molar-refractivity contribution < 1.29 is 0 Å². The summed E-state index contributed by atoms with van der Waals surface area (Å²) >= 11 is 0. The maximum atomic E-state index is 4.93. The molecule has 0 unspecified atom stereocenters. The highest BCUT2D eigenvalue weighted by Crippen LogP contribution is 2.36. The number of aromatic nitrogens is 4. The Morgan fingerprint density at radius 2 is 1.96 bits per heavy atom. The fourth-order valence-corrected chi connectivity index (χ4v) is 4.06. The first kappa shape index (κ1) is 13.8. The minimum atomic E-state index is 0.520. The van der Waals surface area contributed by atoms with Gasteiger partial charge in [0.25, 0.3) is 0 Å². The van der Waals surface area contributed by atoms with Crippen LogP contribution >= 0.6 is 0 Å². The highest BCUT2D eigenvalue weighted by Gasteiger charge is 2.24. The van der Waals surface area contributed by atoms with Gasteiger partial charge in [-0.3, -0.25) is 0 Å². The van der Waals surface area contributed by atoms with Crippen LogP contribution in [0.3, 0.4) is 0 Å². The molecule has 1 aromatic carbocycles. The first-order valence-corrected chi connectivity index (χ1v) is 8.70. The van der Waals surface area contributed by atoms with E-state index in [1.54, 1.807) is 0 Å². The van der Waals surface area contributed by atoms with Gasteiger partial charge in [0.2, 0.25) is 0 Å². The van der Waals surface area contributed by atoms with Crippen LogP contribution in [0.1, 0.15) is 31.7 Å². The van der Waals surface area contributed by atoms with Crippen molar-refractivity contribution in [2.75, 3.05) is 0 Å². The number of fused-ring (bicyclic) bond motifs is 2. The SMILES string of the molecule is Cn1ccc2cc(-c3nc4cccnc4n3C3CCCC3)ccc21. The van der Waals surface area contributed by atoms with Crippen LogP contribution < -0.4 is 0 Å². The number of benzene rings is 1. The zero-order valence-electron chi connectivity index (χ0n) is 13.8. The molecule has 1 fully saturated rings. The summed E-state index contributed by atoms with van der Waals surface area (Å²) in [7, 11) is 2.08. The van der Waals surface area contributed by atoms with Crippen LogP contribution in [0.25, 0.3) is 33.5 Å². The summed E-state index contributed by atoms with van der Waals surface area (Å²) in [5.74, 6) is 1.06. The molecule has 0 radical (unpaired) electrons. The lowest BCUT2D eigenvalue weighted by atomic mass is 10.1. The van der Waals surface area contributed by atoms with Crippen molar-refractivity contribution in [3.05, 3.63) is 48.8 Å². The third-order valence-corrected chi connectivity index (χ3v) is 5.28. The van der Waals surface area contributed by atoms with Crippen molar-refractivity contribution in [2.24, 2.45) is 7.05 Å². The molecule has 1 aliphatic rings. The molecule has 1 saturated carbocycles. The maximum absolute atomic E-state index is 4.93. The summed E-state index contributed by atoms with van der Waals surface area (Å²) in [5, 5.41) is 1.26. The molecule has 0 spiro atoms. The van der Waals surface area contributed by atoms with Crippen LogP contribution in [0.4, 0.5) is 0 Å². The Labute approximate surface area is 140 Å². The van der Waals surface area contributed by atoms with Gasteiger partial charge in [-0.15, -0.1) is 0 Å². The van der Waals surface area contributed by atoms with Crippen LogP contribution in [0.2, 0.25) is 0 Å². The van der Waals surface area contributed by atoms with Crippen LogP contribution in [-0.4, -0.2) is 19.1 Å². The number of aryl methyl sites for hydroxylation is 1. The number of pyridine rings is 1. The van der Waals surface area contributed by atoms with Crippen LogP contribution in [0.15, 0.2) is 48.8 Å². The van der Waals surface area contributed by atoms with Gasteiger partial charge < -0.3 is 9.13 Å². The van der Waals surface area contributed by atoms with E-state index < -0.39 is 0 Å². The van der Waals surface area contributed by atoms with Gasteiger partial charge in [-0.05, 0) is 49.2 Å². The molecule has 0 N–H and O–H groups in total. The average Bonchev–Trinajstić information content (AvgIpc) is 3.32. The van der Waals surface area contributed by atoms with E-state index in [-0.39, 0.29) is 0 Å². The second-order valence-corrected chi connectivity index (χ2v) is 6.79. The molecule has 3 aromatic heterocycles. The Hall–Kier alpha value is -2.62. The van der Waals surface area contributed by atoms with Gasteiger partial charge in [-0.1, -0.05) is 12.8 Å². The molecule has 4 aromatic rings. The van der Waals surface area contributed by atoms with E-state index in [4.69, 9.17) is 4.98 Å². The van der Waals surface area contributed by atoms with E-state index >= 15 is 0 Å². The first-order valence-electron chi connectivity index (χ1n) is 8.70. The second-order valence-electron chi connectivity index (χ2n) is 6.79. The molecule has 3 heterocycles. The van der Waals surface area contributed by atoms with Gasteiger partial charge in [0.05, 0.1) is 0 Å². The van der Waals surface area contributed by atoms with Crippen molar-refractivity contribution in [1.29, 1.82) is 0 Å². The van der Waals surface area contributed by atoms with E-state index in [1.165, 1.54) is 42.1 Å². The second kappa shape index (κ2) is 5.20. The number of hydrogen-bond acceptors (Lipinski definition) is 2. The van der Waals surface area contributed by atoms with Gasteiger partial charge in [-0.2, -0.15) is 0 Å². The Morgan fingerprint density at radius 1 is 1.08 bits per heavy atom. The van der Waals surface area contributed by atoms with E-state index in [2.05, 4.69) is 57.7 Å². The smallest absolute Gasteiger partial charge is 0.160 e. The summed E-state index contributed by atoms with van der Waals surface area (Å²) in [6, 6.07) is 13.4. The minimum Gasteiger partial charge on any atom is -0.351 e. The minimum absolute atomic E-state index is 0.520. The third kappa shape index (κ3) is 1.99. The Balaban J connectivity index is 1.76. The van der Waals surface area contributed by atoms with E-state index in [1.807, 2.05) is 12.3 Å². The summed E-state index contributed by atoms with van der Waals surface area (Å²) in [4.78, 5) is 9.57. The Bertz CT molecular complexity index is 1030. The van der Waals surface area contributed by atoms with Crippen LogP contribution in [0, 0.1) is 0 Å². The van der Waals surface area contributed by atoms with Gasteiger partial charge in [0.1, 0.15) is 11.3 Å². The summed E-state index contributed by atoms with van der Waals surface area (Å²) in [6.45, 7) is 0. The molecule has 24 heavy (non-hydrogen) atoms. The summed E-state index contributed by atoms with van der Waals surface area (Å²) in [5.41, 5.74) is 4.44. The number of rotatable bonds is 2. The Morgan fingerprint density at radius 3 is 2.83 bits per heavy atom. The number of nitrogens with zero attached hydrogens (tertiary/aromatic N) is 4. The van der Waals surface area contributed by atoms with E-state index in [0.717, 1.165) is 17.0 Å². The van der Waals surface area contributed by atoms with Crippen molar-refractivity contribution in [1.82, 2.24) is 19.1 Å². The molecule has 4 heteroatoms. The predicted molar refractivity (Wildman–Crippen MR) is 96.9 cm³/mol. The van der Waals surface area contributed by atoms with Crippen LogP contribution in [-0.2, 0) is 7.05 Å². The highest BCUT2D eigenvalue weighted by atomic mass is 15.2. The quantitative estimate of drug-likeness (QED) is 0.537. The summed E-state index contributed by atoms with van der Waals surface area (Å²) < 4.78 is 4.53. The monoisotopic (exact) mass is 316 g/mol. The molecule has 0 saturated heterocycles. The summed E-state index contributed by atoms with van der Waals surface area (Å²) in [6.07, 6.45) is 9.03. The van der Waals surface area contributed by atoms with Gasteiger partial charge >= 0.3 is 0 Å². The maximum Gasteiger partial charge on any atom is 0.160 e. The molecule has 120 valence electrons. The number of hydrogen-bond donors (Lipinski definition) is 0. The molecule has 0 atom stereocenters. The standard InChI is InChI=1S/C20H20N4/c1-23-12-10-14-13-15(8-9-18(14)23)19-22-17-7-4-11-21-20(17)24(19)16-5-2-3-6-16/h4,7-13,16H,2-3,5-6H2,1H3. The van der Waals surface area contributed by atoms with Crippen molar-refractivity contribution in [2.45, 2.75) is 31.7 Å². The molecule has 0 bridgehead atoms. The van der Waals surface area contributed by atoms with Crippen LogP contribution in [0.5, 0.6) is 0 Å². The fraction of sp³-hybridized carbons (Fsp3) is 0.300. The third-order valence-electron chi connectivity index (χ3n) is 5.28. The zero-order chi connectivity index (χ0) is 16.1. The molecule has 5 rings (SSSR count). The van der Waals surface area contributed by atoms with Crippen molar-refractivity contribution in [3.8, 4) is 11.4 Å². The molecule has 0 aliphatic heterocycles. The molecule has 4 nitrogen and oxygen atoms in total. The molecule has 1 aliphatic carbocycles. The lowest BCUT2D eigenvalue weighted by molar-refractivity contribution is 0.534. The highest BCUT2D eigenvalue weighted by molar-refractivity contribution is 5.86.